The van der Waals surface area contributed by atoms with Crippen LogP contribution < -0.4 is 0 Å². The average molecular weight is 313 g/mol. The van der Waals surface area contributed by atoms with Gasteiger partial charge in [-0.05, 0) is 47.9 Å². The molecule has 0 aliphatic rings. The molecular formula is C20H15N3O. The van der Waals surface area contributed by atoms with Gasteiger partial charge in [-0.15, -0.1) is 0 Å². The van der Waals surface area contributed by atoms with E-state index >= 15 is 0 Å². The van der Waals surface area contributed by atoms with Crippen LogP contribution in [0.1, 0.15) is 5.56 Å². The van der Waals surface area contributed by atoms with Crippen LogP contribution in [0.25, 0.3) is 34.0 Å². The molecule has 0 atom stereocenters. The predicted molar refractivity (Wildman–Crippen MR) is 93.1 cm³/mol. The van der Waals surface area contributed by atoms with E-state index in [1.165, 1.54) is 0 Å². The zero-order valence-electron chi connectivity index (χ0n) is 13.2. The van der Waals surface area contributed by atoms with Gasteiger partial charge in [-0.1, -0.05) is 41.6 Å². The lowest BCUT2D eigenvalue weighted by atomic mass is 10.0. The predicted octanol–water partition coefficient (Wildman–Crippen LogP) is 4.77. The lowest BCUT2D eigenvalue weighted by Gasteiger charge is -2.05. The lowest BCUT2D eigenvalue weighted by molar-refractivity contribution is 0.432. The van der Waals surface area contributed by atoms with Gasteiger partial charge in [0.25, 0.3) is 5.89 Å². The number of aryl methyl sites for hydroxylation is 1. The fraction of sp³-hybridized carbons (Fsp3) is 0.0500. The molecule has 24 heavy (non-hydrogen) atoms. The SMILES string of the molecule is Cc1cc(-c2ccccc2)cc(-c2nc(-c3ccncc3)no2)c1. The number of rotatable bonds is 3. The standard InChI is InChI=1S/C20H15N3O/c1-14-11-17(15-5-3-2-4-6-15)13-18(12-14)20-22-19(23-24-20)16-7-9-21-10-8-16/h2-13H,1H3. The second-order valence-corrected chi connectivity index (χ2v) is 5.61. The molecule has 2 aromatic carbocycles. The summed E-state index contributed by atoms with van der Waals surface area (Å²) in [5.41, 5.74) is 5.25. The van der Waals surface area contributed by atoms with E-state index in [2.05, 4.69) is 52.4 Å². The van der Waals surface area contributed by atoms with Crippen LogP contribution in [0.3, 0.4) is 0 Å². The van der Waals surface area contributed by atoms with Crippen molar-refractivity contribution in [2.24, 2.45) is 0 Å². The lowest BCUT2D eigenvalue weighted by Crippen LogP contribution is -1.85. The minimum Gasteiger partial charge on any atom is -0.334 e. The Balaban J connectivity index is 1.75. The highest BCUT2D eigenvalue weighted by Crippen LogP contribution is 2.28. The maximum atomic E-state index is 5.47. The highest BCUT2D eigenvalue weighted by Gasteiger charge is 2.12. The smallest absolute Gasteiger partial charge is 0.258 e. The van der Waals surface area contributed by atoms with Crippen molar-refractivity contribution in [3.05, 3.63) is 78.6 Å². The van der Waals surface area contributed by atoms with Crippen LogP contribution in [0.2, 0.25) is 0 Å². The third-order valence-electron chi connectivity index (χ3n) is 3.80. The average Bonchev–Trinajstić information content (AvgIpc) is 3.13. The van der Waals surface area contributed by atoms with E-state index in [4.69, 9.17) is 4.52 Å². The Morgan fingerprint density at radius 3 is 2.29 bits per heavy atom. The molecule has 116 valence electrons. The normalized spacial score (nSPS) is 10.7. The van der Waals surface area contributed by atoms with Gasteiger partial charge in [0.1, 0.15) is 0 Å². The molecule has 0 saturated carbocycles. The molecule has 4 heteroatoms. The topological polar surface area (TPSA) is 51.8 Å². The van der Waals surface area contributed by atoms with Crippen LogP contribution >= 0.6 is 0 Å². The van der Waals surface area contributed by atoms with Crippen LogP contribution in [-0.4, -0.2) is 15.1 Å². The Morgan fingerprint density at radius 1 is 0.750 bits per heavy atom. The number of nitrogens with zero attached hydrogens (tertiary/aromatic N) is 3. The summed E-state index contributed by atoms with van der Waals surface area (Å²) in [6.07, 6.45) is 3.43. The third-order valence-corrected chi connectivity index (χ3v) is 3.80. The molecule has 0 bridgehead atoms. The minimum absolute atomic E-state index is 0.516. The van der Waals surface area contributed by atoms with Gasteiger partial charge in [0, 0.05) is 23.5 Å². The van der Waals surface area contributed by atoms with Gasteiger partial charge in [-0.2, -0.15) is 4.98 Å². The maximum absolute atomic E-state index is 5.47. The summed E-state index contributed by atoms with van der Waals surface area (Å²) in [7, 11) is 0. The molecule has 0 aliphatic heterocycles. The maximum Gasteiger partial charge on any atom is 0.258 e. The van der Waals surface area contributed by atoms with E-state index in [0.29, 0.717) is 11.7 Å². The van der Waals surface area contributed by atoms with E-state index in [-0.39, 0.29) is 0 Å². The zero-order chi connectivity index (χ0) is 16.4. The largest absolute Gasteiger partial charge is 0.334 e. The van der Waals surface area contributed by atoms with Crippen molar-refractivity contribution >= 4 is 0 Å². The first kappa shape index (κ1) is 14.3. The first-order valence-electron chi connectivity index (χ1n) is 7.71. The van der Waals surface area contributed by atoms with Crippen LogP contribution in [-0.2, 0) is 0 Å². The van der Waals surface area contributed by atoms with E-state index < -0.39 is 0 Å². The summed E-state index contributed by atoms with van der Waals surface area (Å²) in [5.74, 6) is 1.08. The first-order valence-corrected chi connectivity index (χ1v) is 7.71. The first-order chi connectivity index (χ1) is 11.8. The van der Waals surface area contributed by atoms with Gasteiger partial charge in [0.05, 0.1) is 0 Å². The molecule has 0 spiro atoms. The van der Waals surface area contributed by atoms with Gasteiger partial charge in [-0.25, -0.2) is 0 Å². The van der Waals surface area contributed by atoms with Gasteiger partial charge in [0.2, 0.25) is 5.82 Å². The second kappa shape index (κ2) is 6.08. The molecule has 2 heterocycles. The number of aromatic nitrogens is 3. The highest BCUT2D eigenvalue weighted by molar-refractivity contribution is 5.71. The highest BCUT2D eigenvalue weighted by atomic mass is 16.5. The monoisotopic (exact) mass is 313 g/mol. The number of pyridine rings is 1. The van der Waals surface area contributed by atoms with E-state index in [9.17, 15) is 0 Å². The van der Waals surface area contributed by atoms with E-state index in [1.54, 1.807) is 12.4 Å². The van der Waals surface area contributed by atoms with Gasteiger partial charge >= 0.3 is 0 Å². The van der Waals surface area contributed by atoms with Crippen LogP contribution in [0.5, 0.6) is 0 Å². The Labute approximate surface area is 139 Å². The molecule has 0 saturated heterocycles. The van der Waals surface area contributed by atoms with Crippen LogP contribution in [0, 0.1) is 6.92 Å². The Hall–Kier alpha value is -3.27. The molecule has 0 radical (unpaired) electrons. The molecular weight excluding hydrogens is 298 g/mol. The molecule has 4 rings (SSSR count). The minimum atomic E-state index is 0.516. The van der Waals surface area contributed by atoms with Crippen molar-refractivity contribution in [3.63, 3.8) is 0 Å². The van der Waals surface area contributed by atoms with Crippen molar-refractivity contribution in [1.82, 2.24) is 15.1 Å². The van der Waals surface area contributed by atoms with Gasteiger partial charge in [-0.3, -0.25) is 4.98 Å². The molecule has 0 fully saturated rings. The van der Waals surface area contributed by atoms with Gasteiger partial charge in [0.15, 0.2) is 0 Å². The molecule has 0 amide bonds. The summed E-state index contributed by atoms with van der Waals surface area (Å²) in [6.45, 7) is 2.07. The van der Waals surface area contributed by atoms with E-state index in [0.717, 1.165) is 27.8 Å². The van der Waals surface area contributed by atoms with Crippen molar-refractivity contribution in [3.8, 4) is 34.0 Å². The molecule has 4 nitrogen and oxygen atoms in total. The summed E-state index contributed by atoms with van der Waals surface area (Å²) >= 11 is 0. The summed E-state index contributed by atoms with van der Waals surface area (Å²) in [4.78, 5) is 8.53. The fourth-order valence-electron chi connectivity index (χ4n) is 2.66. The van der Waals surface area contributed by atoms with E-state index in [1.807, 2.05) is 30.3 Å². The number of hydrogen-bond acceptors (Lipinski definition) is 4. The van der Waals surface area contributed by atoms with Gasteiger partial charge < -0.3 is 4.52 Å². The number of hydrogen-bond donors (Lipinski definition) is 0. The Morgan fingerprint density at radius 2 is 1.50 bits per heavy atom. The molecule has 0 aliphatic carbocycles. The molecule has 0 unspecified atom stereocenters. The molecule has 2 aromatic heterocycles. The quantitative estimate of drug-likeness (QED) is 0.546. The third kappa shape index (κ3) is 2.82. The molecule has 4 aromatic rings. The zero-order valence-corrected chi connectivity index (χ0v) is 13.2. The van der Waals surface area contributed by atoms with Crippen LogP contribution in [0.15, 0.2) is 77.6 Å². The fourth-order valence-corrected chi connectivity index (χ4v) is 2.66. The Bertz CT molecular complexity index is 963. The van der Waals surface area contributed by atoms with Crippen molar-refractivity contribution in [1.29, 1.82) is 0 Å². The summed E-state index contributed by atoms with van der Waals surface area (Å²) in [6, 6.07) is 20.3. The Kier molecular flexibility index (Phi) is 3.63. The van der Waals surface area contributed by atoms with Crippen molar-refractivity contribution in [2.75, 3.05) is 0 Å². The summed E-state index contributed by atoms with van der Waals surface area (Å²) in [5, 5.41) is 4.08. The second-order valence-electron chi connectivity index (χ2n) is 5.61. The van der Waals surface area contributed by atoms with Crippen molar-refractivity contribution in [2.45, 2.75) is 6.92 Å². The van der Waals surface area contributed by atoms with Crippen molar-refractivity contribution < 1.29 is 4.52 Å². The van der Waals surface area contributed by atoms with Crippen LogP contribution in [0.4, 0.5) is 0 Å². The number of benzene rings is 2. The molecule has 0 N–H and O–H groups in total. The summed E-state index contributed by atoms with van der Waals surface area (Å²) < 4.78 is 5.47.